The van der Waals surface area contributed by atoms with Gasteiger partial charge in [0.15, 0.2) is 0 Å². The van der Waals surface area contributed by atoms with Crippen LogP contribution in [0.25, 0.3) is 10.9 Å². The van der Waals surface area contributed by atoms with Crippen molar-refractivity contribution in [3.63, 3.8) is 0 Å². The second-order valence-corrected chi connectivity index (χ2v) is 5.77. The van der Waals surface area contributed by atoms with Crippen molar-refractivity contribution >= 4 is 38.4 Å². The van der Waals surface area contributed by atoms with Crippen molar-refractivity contribution < 1.29 is 4.74 Å². The minimum Gasteiger partial charge on any atom is -0.486 e. The fourth-order valence-electron chi connectivity index (χ4n) is 2.13. The van der Waals surface area contributed by atoms with Gasteiger partial charge in [0.05, 0.1) is 10.5 Å². The molecule has 0 aliphatic carbocycles. The van der Waals surface area contributed by atoms with Gasteiger partial charge in [-0.05, 0) is 24.3 Å². The average molecular weight is 352 g/mol. The van der Waals surface area contributed by atoms with Crippen LogP contribution in [0.1, 0.15) is 5.69 Å². The van der Waals surface area contributed by atoms with Crippen LogP contribution in [-0.2, 0) is 13.7 Å². The monoisotopic (exact) mass is 350 g/mol. The Labute approximate surface area is 130 Å². The lowest BCUT2D eigenvalue weighted by molar-refractivity contribution is 0.301. The predicted octanol–water partition coefficient (Wildman–Crippen LogP) is 4.57. The van der Waals surface area contributed by atoms with Crippen LogP contribution in [0.3, 0.4) is 0 Å². The highest BCUT2D eigenvalue weighted by atomic mass is 79.9. The molecular formula is C15H12BrClN2O. The zero-order valence-corrected chi connectivity index (χ0v) is 13.1. The Morgan fingerprint density at radius 3 is 2.90 bits per heavy atom. The van der Waals surface area contributed by atoms with Gasteiger partial charge in [0.25, 0.3) is 0 Å². The van der Waals surface area contributed by atoms with Gasteiger partial charge < -0.3 is 4.74 Å². The van der Waals surface area contributed by atoms with Crippen LogP contribution in [0.15, 0.2) is 46.9 Å². The van der Waals surface area contributed by atoms with E-state index in [0.717, 1.165) is 21.1 Å². The van der Waals surface area contributed by atoms with Crippen molar-refractivity contribution in [1.82, 2.24) is 9.78 Å². The van der Waals surface area contributed by atoms with E-state index in [0.29, 0.717) is 17.4 Å². The summed E-state index contributed by atoms with van der Waals surface area (Å²) in [5.74, 6) is 0.649. The minimum absolute atomic E-state index is 0.386. The molecule has 1 heterocycles. The van der Waals surface area contributed by atoms with Crippen molar-refractivity contribution in [2.75, 3.05) is 0 Å². The van der Waals surface area contributed by atoms with E-state index in [1.165, 1.54) is 0 Å². The van der Waals surface area contributed by atoms with Crippen LogP contribution >= 0.6 is 27.5 Å². The van der Waals surface area contributed by atoms with E-state index in [9.17, 15) is 0 Å². The molecule has 0 radical (unpaired) electrons. The third-order valence-electron chi connectivity index (χ3n) is 3.09. The maximum absolute atomic E-state index is 6.11. The Bertz CT molecular complexity index is 770. The first-order valence-corrected chi connectivity index (χ1v) is 7.31. The molecule has 20 heavy (non-hydrogen) atoms. The number of halogens is 2. The SMILES string of the molecule is Cn1nc(COc2cc(Br)ccc2Cl)c2ccccc21. The van der Waals surface area contributed by atoms with Crippen LogP contribution in [0.4, 0.5) is 0 Å². The molecule has 0 saturated heterocycles. The summed E-state index contributed by atoms with van der Waals surface area (Å²) in [4.78, 5) is 0. The molecule has 3 nitrogen and oxygen atoms in total. The minimum atomic E-state index is 0.386. The molecule has 0 saturated carbocycles. The number of hydrogen-bond donors (Lipinski definition) is 0. The molecule has 0 spiro atoms. The van der Waals surface area contributed by atoms with Crippen LogP contribution in [0, 0.1) is 0 Å². The van der Waals surface area contributed by atoms with E-state index in [1.807, 2.05) is 48.1 Å². The van der Waals surface area contributed by atoms with E-state index < -0.39 is 0 Å². The molecule has 0 fully saturated rings. The molecule has 5 heteroatoms. The third kappa shape index (κ3) is 2.53. The Hall–Kier alpha value is -1.52. The number of hydrogen-bond acceptors (Lipinski definition) is 2. The number of aryl methyl sites for hydroxylation is 1. The first-order valence-electron chi connectivity index (χ1n) is 6.13. The van der Waals surface area contributed by atoms with Crippen molar-refractivity contribution in [2.24, 2.45) is 7.05 Å². The van der Waals surface area contributed by atoms with Crippen molar-refractivity contribution in [2.45, 2.75) is 6.61 Å². The zero-order chi connectivity index (χ0) is 14.1. The molecule has 1 aromatic heterocycles. The summed E-state index contributed by atoms with van der Waals surface area (Å²) >= 11 is 9.52. The molecule has 0 aliphatic rings. The Kier molecular flexibility index (Phi) is 3.68. The maximum atomic E-state index is 6.11. The van der Waals surface area contributed by atoms with E-state index in [2.05, 4.69) is 21.0 Å². The number of nitrogens with zero attached hydrogens (tertiary/aromatic N) is 2. The summed E-state index contributed by atoms with van der Waals surface area (Å²) in [6.45, 7) is 0.386. The van der Waals surface area contributed by atoms with Gasteiger partial charge in [-0.15, -0.1) is 0 Å². The van der Waals surface area contributed by atoms with Gasteiger partial charge in [0.2, 0.25) is 0 Å². The Morgan fingerprint density at radius 2 is 2.05 bits per heavy atom. The second kappa shape index (κ2) is 5.46. The zero-order valence-electron chi connectivity index (χ0n) is 10.8. The lowest BCUT2D eigenvalue weighted by Crippen LogP contribution is -1.98. The molecule has 0 amide bonds. The number of fused-ring (bicyclic) bond motifs is 1. The number of para-hydroxylation sites is 1. The number of benzene rings is 2. The highest BCUT2D eigenvalue weighted by molar-refractivity contribution is 9.10. The van der Waals surface area contributed by atoms with Gasteiger partial charge in [-0.2, -0.15) is 5.10 Å². The average Bonchev–Trinajstić information content (AvgIpc) is 2.77. The first-order chi connectivity index (χ1) is 9.65. The highest BCUT2D eigenvalue weighted by Gasteiger charge is 2.09. The van der Waals surface area contributed by atoms with Crippen molar-refractivity contribution in [3.05, 3.63) is 57.7 Å². The van der Waals surface area contributed by atoms with Crippen molar-refractivity contribution in [3.8, 4) is 5.75 Å². The van der Waals surface area contributed by atoms with Gasteiger partial charge in [0, 0.05) is 16.9 Å². The molecule has 3 rings (SSSR count). The van der Waals surface area contributed by atoms with E-state index in [-0.39, 0.29) is 0 Å². The van der Waals surface area contributed by atoms with E-state index in [1.54, 1.807) is 6.07 Å². The second-order valence-electron chi connectivity index (χ2n) is 4.45. The summed E-state index contributed by atoms with van der Waals surface area (Å²) in [7, 11) is 1.93. The summed E-state index contributed by atoms with van der Waals surface area (Å²) in [5, 5.41) is 6.18. The molecule has 0 bridgehead atoms. The normalized spacial score (nSPS) is 10.9. The third-order valence-corrected chi connectivity index (χ3v) is 3.90. The summed E-state index contributed by atoms with van der Waals surface area (Å²) in [6.07, 6.45) is 0. The molecule has 2 aromatic carbocycles. The van der Waals surface area contributed by atoms with Crippen LogP contribution < -0.4 is 4.74 Å². The summed E-state index contributed by atoms with van der Waals surface area (Å²) in [5.41, 5.74) is 1.99. The summed E-state index contributed by atoms with van der Waals surface area (Å²) < 4.78 is 8.58. The fourth-order valence-corrected chi connectivity index (χ4v) is 2.64. The molecule has 0 unspecified atom stereocenters. The summed E-state index contributed by atoms with van der Waals surface area (Å²) in [6, 6.07) is 13.6. The smallest absolute Gasteiger partial charge is 0.139 e. The van der Waals surface area contributed by atoms with Gasteiger partial charge in [-0.25, -0.2) is 0 Å². The first kappa shape index (κ1) is 13.5. The predicted molar refractivity (Wildman–Crippen MR) is 84.2 cm³/mol. The van der Waals surface area contributed by atoms with Gasteiger partial charge in [-0.3, -0.25) is 4.68 Å². The lowest BCUT2D eigenvalue weighted by atomic mass is 10.2. The van der Waals surface area contributed by atoms with Crippen molar-refractivity contribution in [1.29, 1.82) is 0 Å². The van der Waals surface area contributed by atoms with E-state index in [4.69, 9.17) is 16.3 Å². The van der Waals surface area contributed by atoms with Crippen LogP contribution in [0.5, 0.6) is 5.75 Å². The fraction of sp³-hybridized carbons (Fsp3) is 0.133. The van der Waals surface area contributed by atoms with Gasteiger partial charge in [0.1, 0.15) is 18.1 Å². The van der Waals surface area contributed by atoms with E-state index >= 15 is 0 Å². The standard InChI is InChI=1S/C15H12BrClN2O/c1-19-14-5-3-2-4-11(14)13(18-19)9-20-15-8-10(16)6-7-12(15)17/h2-8H,9H2,1H3. The number of rotatable bonds is 3. The molecule has 102 valence electrons. The van der Waals surface area contributed by atoms with Gasteiger partial charge in [-0.1, -0.05) is 45.7 Å². The Morgan fingerprint density at radius 1 is 1.25 bits per heavy atom. The quantitative estimate of drug-likeness (QED) is 0.691. The van der Waals surface area contributed by atoms with Gasteiger partial charge >= 0.3 is 0 Å². The molecule has 0 atom stereocenters. The maximum Gasteiger partial charge on any atom is 0.139 e. The lowest BCUT2D eigenvalue weighted by Gasteiger charge is -2.07. The largest absolute Gasteiger partial charge is 0.486 e. The topological polar surface area (TPSA) is 27.1 Å². The van der Waals surface area contributed by atoms with Crippen LogP contribution in [-0.4, -0.2) is 9.78 Å². The molecule has 0 N–H and O–H groups in total. The number of ether oxygens (including phenoxy) is 1. The number of aromatic nitrogens is 2. The van der Waals surface area contributed by atoms with Crippen LogP contribution in [0.2, 0.25) is 5.02 Å². The molecule has 3 aromatic rings. The highest BCUT2D eigenvalue weighted by Crippen LogP contribution is 2.29. The molecule has 0 aliphatic heterocycles. The Balaban J connectivity index is 1.89. The molecular weight excluding hydrogens is 340 g/mol.